The van der Waals surface area contributed by atoms with Crippen LogP contribution in [0.2, 0.25) is 0 Å². The highest BCUT2D eigenvalue weighted by Crippen LogP contribution is 2.19. The van der Waals surface area contributed by atoms with Crippen LogP contribution in [0.15, 0.2) is 11.8 Å². The summed E-state index contributed by atoms with van der Waals surface area (Å²) in [7, 11) is 1.72. The molecule has 0 saturated heterocycles. The van der Waals surface area contributed by atoms with Gasteiger partial charge in [-0.15, -0.1) is 0 Å². The molecular weight excluding hydrogens is 192 g/mol. The SMILES string of the molecule is CCCC(OC)C(NN)C1=CCCCO1. The van der Waals surface area contributed by atoms with E-state index in [4.69, 9.17) is 15.3 Å². The van der Waals surface area contributed by atoms with E-state index in [2.05, 4.69) is 18.4 Å². The van der Waals surface area contributed by atoms with Crippen LogP contribution in [-0.4, -0.2) is 25.9 Å². The van der Waals surface area contributed by atoms with Crippen LogP contribution in [0.3, 0.4) is 0 Å². The van der Waals surface area contributed by atoms with Crippen molar-refractivity contribution in [3.8, 4) is 0 Å². The van der Waals surface area contributed by atoms with Crippen molar-refractivity contribution in [1.29, 1.82) is 0 Å². The summed E-state index contributed by atoms with van der Waals surface area (Å²) in [6.45, 7) is 2.92. The molecule has 0 aromatic heterocycles. The third-order valence-corrected chi connectivity index (χ3v) is 2.70. The zero-order valence-electron chi connectivity index (χ0n) is 9.66. The highest BCUT2D eigenvalue weighted by Gasteiger charge is 2.25. The van der Waals surface area contributed by atoms with Crippen LogP contribution in [0.5, 0.6) is 0 Å². The number of nitrogens with two attached hydrogens (primary N) is 1. The van der Waals surface area contributed by atoms with Gasteiger partial charge in [-0.2, -0.15) is 0 Å². The summed E-state index contributed by atoms with van der Waals surface area (Å²) in [6.07, 6.45) is 6.40. The molecular formula is C11H22N2O2. The molecule has 2 unspecified atom stereocenters. The first-order valence-electron chi connectivity index (χ1n) is 5.65. The molecule has 0 aromatic rings. The Balaban J connectivity index is 2.62. The molecule has 4 nitrogen and oxygen atoms in total. The molecule has 1 rings (SSSR count). The Kier molecular flexibility index (Phi) is 5.68. The summed E-state index contributed by atoms with van der Waals surface area (Å²) >= 11 is 0. The summed E-state index contributed by atoms with van der Waals surface area (Å²) in [4.78, 5) is 0. The van der Waals surface area contributed by atoms with E-state index in [-0.39, 0.29) is 12.1 Å². The van der Waals surface area contributed by atoms with Gasteiger partial charge in [0.05, 0.1) is 12.7 Å². The van der Waals surface area contributed by atoms with Crippen LogP contribution in [0, 0.1) is 0 Å². The van der Waals surface area contributed by atoms with Crippen molar-refractivity contribution < 1.29 is 9.47 Å². The number of rotatable bonds is 6. The quantitative estimate of drug-likeness (QED) is 0.517. The molecule has 1 aliphatic heterocycles. The van der Waals surface area contributed by atoms with Crippen molar-refractivity contribution in [1.82, 2.24) is 5.43 Å². The molecule has 0 aromatic carbocycles. The second-order valence-electron chi connectivity index (χ2n) is 3.80. The van der Waals surface area contributed by atoms with Gasteiger partial charge in [-0.3, -0.25) is 5.84 Å². The van der Waals surface area contributed by atoms with Gasteiger partial charge in [-0.05, 0) is 25.3 Å². The third-order valence-electron chi connectivity index (χ3n) is 2.70. The molecule has 1 heterocycles. The van der Waals surface area contributed by atoms with E-state index in [0.29, 0.717) is 0 Å². The fourth-order valence-corrected chi connectivity index (χ4v) is 1.87. The number of hydrogen-bond donors (Lipinski definition) is 2. The lowest BCUT2D eigenvalue weighted by Crippen LogP contribution is -2.47. The lowest BCUT2D eigenvalue weighted by molar-refractivity contribution is 0.0441. The van der Waals surface area contributed by atoms with Crippen molar-refractivity contribution in [3.63, 3.8) is 0 Å². The van der Waals surface area contributed by atoms with Crippen molar-refractivity contribution in [3.05, 3.63) is 11.8 Å². The first-order chi connectivity index (χ1) is 7.33. The molecule has 15 heavy (non-hydrogen) atoms. The number of ether oxygens (including phenoxy) is 2. The van der Waals surface area contributed by atoms with E-state index in [1.807, 2.05) is 0 Å². The second kappa shape index (κ2) is 6.82. The van der Waals surface area contributed by atoms with E-state index in [0.717, 1.165) is 38.0 Å². The number of nitrogens with one attached hydrogen (secondary N) is 1. The van der Waals surface area contributed by atoms with E-state index >= 15 is 0 Å². The molecule has 88 valence electrons. The number of methoxy groups -OCH3 is 1. The average molecular weight is 214 g/mol. The van der Waals surface area contributed by atoms with Gasteiger partial charge in [0.15, 0.2) is 0 Å². The molecule has 0 radical (unpaired) electrons. The van der Waals surface area contributed by atoms with Gasteiger partial charge in [-0.25, -0.2) is 5.43 Å². The van der Waals surface area contributed by atoms with Crippen molar-refractivity contribution in [2.24, 2.45) is 5.84 Å². The van der Waals surface area contributed by atoms with Crippen LogP contribution >= 0.6 is 0 Å². The zero-order chi connectivity index (χ0) is 11.1. The predicted molar refractivity (Wildman–Crippen MR) is 60.1 cm³/mol. The van der Waals surface area contributed by atoms with Crippen molar-refractivity contribution in [2.75, 3.05) is 13.7 Å². The van der Waals surface area contributed by atoms with Gasteiger partial charge in [0, 0.05) is 7.11 Å². The minimum Gasteiger partial charge on any atom is -0.496 e. The average Bonchev–Trinajstić information content (AvgIpc) is 2.30. The summed E-state index contributed by atoms with van der Waals surface area (Å²) in [5.41, 5.74) is 2.79. The second-order valence-corrected chi connectivity index (χ2v) is 3.80. The van der Waals surface area contributed by atoms with Crippen LogP contribution in [0.25, 0.3) is 0 Å². The van der Waals surface area contributed by atoms with Gasteiger partial charge < -0.3 is 9.47 Å². The van der Waals surface area contributed by atoms with Gasteiger partial charge in [0.25, 0.3) is 0 Å². The standard InChI is InChI=1S/C11H22N2O2/c1-3-6-9(14-2)11(13-12)10-7-4-5-8-15-10/h7,9,11,13H,3-6,8,12H2,1-2H3. The number of allylic oxidation sites excluding steroid dienone is 1. The summed E-state index contributed by atoms with van der Waals surface area (Å²) in [6, 6.07) is -0.0183. The van der Waals surface area contributed by atoms with Gasteiger partial charge in [-0.1, -0.05) is 13.3 Å². The van der Waals surface area contributed by atoms with Crippen LogP contribution < -0.4 is 11.3 Å². The molecule has 0 spiro atoms. The monoisotopic (exact) mass is 214 g/mol. The minimum atomic E-state index is -0.0183. The van der Waals surface area contributed by atoms with E-state index < -0.39 is 0 Å². The Labute approximate surface area is 91.8 Å². The van der Waals surface area contributed by atoms with Gasteiger partial charge in [0.2, 0.25) is 0 Å². The topological polar surface area (TPSA) is 56.5 Å². The van der Waals surface area contributed by atoms with Crippen molar-refractivity contribution in [2.45, 2.75) is 44.8 Å². The van der Waals surface area contributed by atoms with Crippen LogP contribution in [0.1, 0.15) is 32.6 Å². The Bertz CT molecular complexity index is 207. The molecule has 3 N–H and O–H groups in total. The summed E-state index contributed by atoms with van der Waals surface area (Å²) in [5, 5.41) is 0. The zero-order valence-corrected chi connectivity index (χ0v) is 9.66. The highest BCUT2D eigenvalue weighted by atomic mass is 16.5. The minimum absolute atomic E-state index is 0.0183. The van der Waals surface area contributed by atoms with Gasteiger partial charge in [0.1, 0.15) is 11.8 Å². The number of hydrogen-bond acceptors (Lipinski definition) is 4. The number of hydrazine groups is 1. The van der Waals surface area contributed by atoms with Crippen LogP contribution in [0.4, 0.5) is 0 Å². The molecule has 0 saturated carbocycles. The molecule has 1 aliphatic rings. The normalized spacial score (nSPS) is 20.3. The van der Waals surface area contributed by atoms with E-state index in [1.54, 1.807) is 7.11 Å². The fraction of sp³-hybridized carbons (Fsp3) is 0.818. The Morgan fingerprint density at radius 1 is 1.67 bits per heavy atom. The molecule has 0 bridgehead atoms. The van der Waals surface area contributed by atoms with Crippen molar-refractivity contribution >= 4 is 0 Å². The molecule has 4 heteroatoms. The van der Waals surface area contributed by atoms with E-state index in [9.17, 15) is 0 Å². The largest absolute Gasteiger partial charge is 0.496 e. The van der Waals surface area contributed by atoms with Gasteiger partial charge >= 0.3 is 0 Å². The van der Waals surface area contributed by atoms with E-state index in [1.165, 1.54) is 0 Å². The first-order valence-corrected chi connectivity index (χ1v) is 5.65. The smallest absolute Gasteiger partial charge is 0.113 e. The molecule has 0 amide bonds. The lowest BCUT2D eigenvalue weighted by atomic mass is 10.0. The summed E-state index contributed by atoms with van der Waals surface area (Å²) < 4.78 is 11.0. The molecule has 0 aliphatic carbocycles. The first kappa shape index (κ1) is 12.5. The van der Waals surface area contributed by atoms with Crippen LogP contribution in [-0.2, 0) is 9.47 Å². The maximum Gasteiger partial charge on any atom is 0.113 e. The Hall–Kier alpha value is -0.580. The fourth-order valence-electron chi connectivity index (χ4n) is 1.87. The summed E-state index contributed by atoms with van der Waals surface area (Å²) in [5.74, 6) is 6.49. The Morgan fingerprint density at radius 3 is 2.93 bits per heavy atom. The highest BCUT2D eigenvalue weighted by molar-refractivity contribution is 5.07. The maximum absolute atomic E-state index is 5.60. The Morgan fingerprint density at radius 2 is 2.47 bits per heavy atom. The molecule has 0 fully saturated rings. The molecule has 2 atom stereocenters. The predicted octanol–water partition coefficient (Wildman–Crippen LogP) is 1.33. The maximum atomic E-state index is 5.60. The third kappa shape index (κ3) is 3.48. The lowest BCUT2D eigenvalue weighted by Gasteiger charge is -2.29.